The Morgan fingerprint density at radius 3 is 2.59 bits per heavy atom. The molecule has 1 saturated carbocycles. The highest BCUT2D eigenvalue weighted by Gasteiger charge is 2.31. The number of nitrogens with one attached hydrogen (secondary N) is 1. The van der Waals surface area contributed by atoms with Crippen LogP contribution in [0.1, 0.15) is 32.1 Å². The lowest BCUT2D eigenvalue weighted by Gasteiger charge is -2.30. The molecule has 0 spiro atoms. The number of carbonyl (C=O) groups excluding carboxylic acids is 1. The monoisotopic (exact) mass is 470 g/mol. The second kappa shape index (κ2) is 9.97. The average molecular weight is 471 g/mol. The van der Waals surface area contributed by atoms with Crippen LogP contribution < -0.4 is 5.32 Å². The molecule has 1 amide bonds. The van der Waals surface area contributed by atoms with Crippen molar-refractivity contribution in [2.45, 2.75) is 48.1 Å². The molecule has 0 saturated heterocycles. The Balaban J connectivity index is 1.48. The Hall–Kier alpha value is -2.49. The number of rotatable bonds is 7. The van der Waals surface area contributed by atoms with E-state index in [1.54, 1.807) is 31.3 Å². The number of fused-ring (bicyclic) bond motifs is 1. The van der Waals surface area contributed by atoms with Crippen molar-refractivity contribution < 1.29 is 13.2 Å². The van der Waals surface area contributed by atoms with E-state index in [1.807, 2.05) is 24.3 Å². The number of amides is 1. The first-order chi connectivity index (χ1) is 15.5. The van der Waals surface area contributed by atoms with Crippen LogP contribution in [0.5, 0.6) is 0 Å². The highest BCUT2D eigenvalue weighted by Crippen LogP contribution is 2.30. The third-order valence-corrected chi connectivity index (χ3v) is 8.73. The van der Waals surface area contributed by atoms with Crippen molar-refractivity contribution >= 4 is 44.3 Å². The van der Waals surface area contributed by atoms with Crippen molar-refractivity contribution in [2.75, 3.05) is 18.1 Å². The van der Waals surface area contributed by atoms with Crippen LogP contribution in [0.15, 0.2) is 64.8 Å². The van der Waals surface area contributed by atoms with Gasteiger partial charge in [-0.25, -0.2) is 18.4 Å². The summed E-state index contributed by atoms with van der Waals surface area (Å²) in [4.78, 5) is 21.3. The maximum Gasteiger partial charge on any atom is 0.245 e. The quantitative estimate of drug-likeness (QED) is 0.409. The number of aromatic nitrogens is 2. The molecule has 1 fully saturated rings. The minimum atomic E-state index is -3.72. The summed E-state index contributed by atoms with van der Waals surface area (Å²) >= 11 is 1.30. The minimum absolute atomic E-state index is 0.000825. The predicted molar refractivity (Wildman–Crippen MR) is 127 cm³/mol. The van der Waals surface area contributed by atoms with E-state index < -0.39 is 10.0 Å². The normalized spacial score (nSPS) is 15.2. The van der Waals surface area contributed by atoms with Gasteiger partial charge in [-0.2, -0.15) is 4.31 Å². The van der Waals surface area contributed by atoms with Crippen LogP contribution in [0, 0.1) is 0 Å². The van der Waals surface area contributed by atoms with Crippen LogP contribution in [-0.2, 0) is 14.8 Å². The predicted octanol–water partition coefficient (Wildman–Crippen LogP) is 4.31. The Bertz CT molecular complexity index is 1210. The van der Waals surface area contributed by atoms with E-state index in [-0.39, 0.29) is 22.6 Å². The first-order valence-corrected chi connectivity index (χ1v) is 13.1. The van der Waals surface area contributed by atoms with Gasteiger partial charge in [-0.15, -0.1) is 0 Å². The molecular weight excluding hydrogens is 444 g/mol. The van der Waals surface area contributed by atoms with E-state index in [1.165, 1.54) is 22.4 Å². The van der Waals surface area contributed by atoms with Gasteiger partial charge < -0.3 is 5.32 Å². The summed E-state index contributed by atoms with van der Waals surface area (Å²) in [5.74, 6) is -0.186. The summed E-state index contributed by atoms with van der Waals surface area (Å²) in [6, 6.07) is 14.2. The number of hydrogen-bond donors (Lipinski definition) is 1. The lowest BCUT2D eigenvalue weighted by molar-refractivity contribution is -0.113. The molecular formula is C23H26N4O3S2. The third kappa shape index (κ3) is 4.95. The van der Waals surface area contributed by atoms with Crippen LogP contribution in [-0.4, -0.2) is 47.4 Å². The maximum absolute atomic E-state index is 13.3. The molecule has 0 atom stereocenters. The largest absolute Gasteiger partial charge is 0.324 e. The Morgan fingerprint density at radius 2 is 1.78 bits per heavy atom. The highest BCUT2D eigenvalue weighted by molar-refractivity contribution is 8.00. The second-order valence-electron chi connectivity index (χ2n) is 7.84. The topological polar surface area (TPSA) is 92.3 Å². The molecule has 1 heterocycles. The summed E-state index contributed by atoms with van der Waals surface area (Å²) < 4.78 is 28.1. The SMILES string of the molecule is CN(C1CCCCC1)S(=O)(=O)c1ccccc1NC(=O)CSc1ncnc2ccccc12. The Labute approximate surface area is 192 Å². The molecule has 3 aromatic rings. The molecule has 9 heteroatoms. The van der Waals surface area contributed by atoms with E-state index in [0.717, 1.165) is 43.0 Å². The number of benzene rings is 2. The van der Waals surface area contributed by atoms with Gasteiger partial charge >= 0.3 is 0 Å². The zero-order valence-electron chi connectivity index (χ0n) is 17.9. The lowest BCUT2D eigenvalue weighted by atomic mass is 9.96. The summed E-state index contributed by atoms with van der Waals surface area (Å²) in [6.07, 6.45) is 6.44. The minimum Gasteiger partial charge on any atom is -0.324 e. The fraction of sp³-hybridized carbons (Fsp3) is 0.348. The van der Waals surface area contributed by atoms with Gasteiger partial charge in [0.1, 0.15) is 16.2 Å². The molecule has 2 aromatic carbocycles. The van der Waals surface area contributed by atoms with Crippen molar-refractivity contribution in [1.29, 1.82) is 0 Å². The number of para-hydroxylation sites is 2. The number of carbonyl (C=O) groups is 1. The molecule has 0 radical (unpaired) electrons. The van der Waals surface area contributed by atoms with E-state index >= 15 is 0 Å². The van der Waals surface area contributed by atoms with Crippen LogP contribution in [0.3, 0.4) is 0 Å². The van der Waals surface area contributed by atoms with Gasteiger partial charge in [0.2, 0.25) is 15.9 Å². The van der Waals surface area contributed by atoms with Crippen molar-refractivity contribution in [1.82, 2.24) is 14.3 Å². The van der Waals surface area contributed by atoms with Crippen molar-refractivity contribution in [3.8, 4) is 0 Å². The summed E-state index contributed by atoms with van der Waals surface area (Å²) in [5, 5.41) is 4.38. The summed E-state index contributed by atoms with van der Waals surface area (Å²) in [7, 11) is -2.08. The molecule has 7 nitrogen and oxygen atoms in total. The standard InChI is InChI=1S/C23H26N4O3S2/c1-27(17-9-3-2-4-10-17)32(29,30)21-14-8-7-13-20(21)26-22(28)15-31-23-18-11-5-6-12-19(18)24-16-25-23/h5-8,11-14,16-17H,2-4,9-10,15H2,1H3,(H,26,28). The Kier molecular flexibility index (Phi) is 7.07. The van der Waals surface area contributed by atoms with Crippen LogP contribution in [0.4, 0.5) is 5.69 Å². The third-order valence-electron chi connectivity index (χ3n) is 5.75. The first kappa shape index (κ1) is 22.7. The first-order valence-electron chi connectivity index (χ1n) is 10.7. The van der Waals surface area contributed by atoms with Gasteiger partial charge in [0.05, 0.1) is 17.0 Å². The average Bonchev–Trinajstić information content (AvgIpc) is 2.83. The molecule has 4 rings (SSSR count). The molecule has 1 aliphatic carbocycles. The lowest BCUT2D eigenvalue weighted by Crippen LogP contribution is -2.38. The number of thioether (sulfide) groups is 1. The van der Waals surface area contributed by atoms with Gasteiger partial charge in [-0.1, -0.05) is 61.4 Å². The van der Waals surface area contributed by atoms with Crippen molar-refractivity contribution in [3.63, 3.8) is 0 Å². The van der Waals surface area contributed by atoms with E-state index in [2.05, 4.69) is 15.3 Å². The smallest absolute Gasteiger partial charge is 0.245 e. The molecule has 0 bridgehead atoms. The number of anilines is 1. The van der Waals surface area contributed by atoms with E-state index in [9.17, 15) is 13.2 Å². The van der Waals surface area contributed by atoms with E-state index in [4.69, 9.17) is 0 Å². The van der Waals surface area contributed by atoms with Gasteiger partial charge in [0, 0.05) is 18.5 Å². The summed E-state index contributed by atoms with van der Waals surface area (Å²) in [5.41, 5.74) is 1.11. The molecule has 32 heavy (non-hydrogen) atoms. The second-order valence-corrected chi connectivity index (χ2v) is 10.8. The molecule has 1 aliphatic rings. The van der Waals surface area contributed by atoms with Crippen molar-refractivity contribution in [3.05, 3.63) is 54.9 Å². The fourth-order valence-corrected chi connectivity index (χ4v) is 6.36. The van der Waals surface area contributed by atoms with E-state index in [0.29, 0.717) is 10.7 Å². The molecule has 1 N–H and O–H groups in total. The van der Waals surface area contributed by atoms with Gasteiger partial charge in [0.15, 0.2) is 0 Å². The number of hydrogen-bond acceptors (Lipinski definition) is 6. The highest BCUT2D eigenvalue weighted by atomic mass is 32.2. The maximum atomic E-state index is 13.3. The van der Waals surface area contributed by atoms with Crippen LogP contribution in [0.25, 0.3) is 10.9 Å². The van der Waals surface area contributed by atoms with Gasteiger partial charge in [-0.3, -0.25) is 4.79 Å². The molecule has 0 aliphatic heterocycles. The van der Waals surface area contributed by atoms with Gasteiger partial charge in [-0.05, 0) is 31.0 Å². The fourth-order valence-electron chi connectivity index (χ4n) is 4.01. The molecule has 168 valence electrons. The zero-order chi connectivity index (χ0) is 22.6. The van der Waals surface area contributed by atoms with Crippen LogP contribution in [0.2, 0.25) is 0 Å². The zero-order valence-corrected chi connectivity index (χ0v) is 19.5. The van der Waals surface area contributed by atoms with Crippen LogP contribution >= 0.6 is 11.8 Å². The number of nitrogens with zero attached hydrogens (tertiary/aromatic N) is 3. The Morgan fingerprint density at radius 1 is 1.06 bits per heavy atom. The number of sulfonamides is 1. The molecule has 0 unspecified atom stereocenters. The summed E-state index contributed by atoms with van der Waals surface area (Å²) in [6.45, 7) is 0. The molecule has 1 aromatic heterocycles. The van der Waals surface area contributed by atoms with Crippen molar-refractivity contribution in [2.24, 2.45) is 0 Å². The van der Waals surface area contributed by atoms with Gasteiger partial charge in [0.25, 0.3) is 0 Å².